The summed E-state index contributed by atoms with van der Waals surface area (Å²) in [5.74, 6) is 0. The molecule has 3 aromatic heterocycles. The molecule has 0 spiro atoms. The molecule has 92 valence electrons. The lowest BCUT2D eigenvalue weighted by molar-refractivity contribution is 0.349. The van der Waals surface area contributed by atoms with Crippen LogP contribution < -0.4 is 5.32 Å². The first-order valence-corrected chi connectivity index (χ1v) is 6.31. The molecule has 1 fully saturated rings. The van der Waals surface area contributed by atoms with Crippen LogP contribution in [0, 0.1) is 0 Å². The van der Waals surface area contributed by atoms with Crippen LogP contribution in [-0.4, -0.2) is 38.1 Å². The third-order valence-electron chi connectivity index (χ3n) is 3.63. The third-order valence-corrected chi connectivity index (χ3v) is 3.63. The highest BCUT2D eigenvalue weighted by Gasteiger charge is 2.20. The van der Waals surface area contributed by atoms with E-state index < -0.39 is 0 Å². The normalized spacial score (nSPS) is 20.8. The van der Waals surface area contributed by atoms with Crippen molar-refractivity contribution >= 4 is 22.1 Å². The van der Waals surface area contributed by atoms with E-state index in [0.29, 0.717) is 6.04 Å². The van der Waals surface area contributed by atoms with Crippen molar-refractivity contribution in [3.8, 4) is 0 Å². The maximum absolute atomic E-state index is 4.34. The van der Waals surface area contributed by atoms with Crippen molar-refractivity contribution in [1.82, 2.24) is 30.3 Å². The van der Waals surface area contributed by atoms with Crippen LogP contribution in [0.5, 0.6) is 0 Å². The zero-order chi connectivity index (χ0) is 11.9. The number of aromatic amines is 1. The van der Waals surface area contributed by atoms with Gasteiger partial charge in [0.1, 0.15) is 16.7 Å². The number of aromatic nitrogens is 5. The zero-order valence-electron chi connectivity index (χ0n) is 9.93. The average Bonchev–Trinajstić information content (AvgIpc) is 3.05. The Kier molecular flexibility index (Phi) is 2.10. The van der Waals surface area contributed by atoms with E-state index >= 15 is 0 Å². The smallest absolute Gasteiger partial charge is 0.139 e. The van der Waals surface area contributed by atoms with Gasteiger partial charge in [-0.2, -0.15) is 0 Å². The molecule has 0 aromatic carbocycles. The molecular weight excluding hydrogens is 228 g/mol. The van der Waals surface area contributed by atoms with Gasteiger partial charge >= 0.3 is 0 Å². The van der Waals surface area contributed by atoms with Crippen LogP contribution in [0.2, 0.25) is 0 Å². The van der Waals surface area contributed by atoms with Crippen LogP contribution in [-0.2, 0) is 0 Å². The fourth-order valence-corrected chi connectivity index (χ4v) is 2.74. The molecule has 1 saturated heterocycles. The van der Waals surface area contributed by atoms with E-state index in [0.717, 1.165) is 41.6 Å². The van der Waals surface area contributed by atoms with Crippen molar-refractivity contribution in [2.24, 2.45) is 0 Å². The number of nitrogens with zero attached hydrogens (tertiary/aromatic N) is 4. The molecule has 6 heteroatoms. The highest BCUT2D eigenvalue weighted by molar-refractivity contribution is 6.00. The monoisotopic (exact) mass is 242 g/mol. The van der Waals surface area contributed by atoms with E-state index in [1.807, 2.05) is 12.3 Å². The lowest BCUT2D eigenvalue weighted by Gasteiger charge is -2.23. The van der Waals surface area contributed by atoms with Gasteiger partial charge < -0.3 is 10.3 Å². The SMILES string of the molecule is c1cc2c(ncc3nnn([C@@H]4CCCNC4)c32)[nH]1. The maximum atomic E-state index is 4.34. The minimum atomic E-state index is 0.393. The number of nitrogens with one attached hydrogen (secondary N) is 2. The Morgan fingerprint density at radius 2 is 2.39 bits per heavy atom. The molecule has 2 N–H and O–H groups in total. The quantitative estimate of drug-likeness (QED) is 0.673. The van der Waals surface area contributed by atoms with Crippen LogP contribution in [0.25, 0.3) is 22.1 Å². The lowest BCUT2D eigenvalue weighted by Crippen LogP contribution is -2.32. The van der Waals surface area contributed by atoms with Crippen molar-refractivity contribution in [3.05, 3.63) is 18.5 Å². The predicted molar refractivity (Wildman–Crippen MR) is 68.3 cm³/mol. The number of hydrogen-bond donors (Lipinski definition) is 2. The maximum Gasteiger partial charge on any atom is 0.139 e. The second kappa shape index (κ2) is 3.78. The minimum absolute atomic E-state index is 0.393. The third kappa shape index (κ3) is 1.35. The summed E-state index contributed by atoms with van der Waals surface area (Å²) in [7, 11) is 0. The van der Waals surface area contributed by atoms with Crippen molar-refractivity contribution in [2.45, 2.75) is 18.9 Å². The molecule has 0 unspecified atom stereocenters. The van der Waals surface area contributed by atoms with E-state index in [1.54, 1.807) is 6.20 Å². The summed E-state index contributed by atoms with van der Waals surface area (Å²) in [6.45, 7) is 2.07. The summed E-state index contributed by atoms with van der Waals surface area (Å²) in [5, 5.41) is 13.1. The molecule has 0 radical (unpaired) electrons. The Morgan fingerprint density at radius 3 is 3.28 bits per heavy atom. The number of hydrogen-bond acceptors (Lipinski definition) is 4. The van der Waals surface area contributed by atoms with Gasteiger partial charge in [0.25, 0.3) is 0 Å². The topological polar surface area (TPSA) is 71.4 Å². The fraction of sp³-hybridized carbons (Fsp3) is 0.417. The molecule has 4 heterocycles. The Hall–Kier alpha value is -1.95. The zero-order valence-corrected chi connectivity index (χ0v) is 9.93. The average molecular weight is 242 g/mol. The van der Waals surface area contributed by atoms with Crippen molar-refractivity contribution in [3.63, 3.8) is 0 Å². The van der Waals surface area contributed by atoms with Gasteiger partial charge in [-0.25, -0.2) is 9.67 Å². The molecule has 4 rings (SSSR count). The molecule has 0 saturated carbocycles. The van der Waals surface area contributed by atoms with Crippen LogP contribution in [0.3, 0.4) is 0 Å². The highest BCUT2D eigenvalue weighted by Crippen LogP contribution is 2.25. The summed E-state index contributed by atoms with van der Waals surface area (Å²) < 4.78 is 2.05. The van der Waals surface area contributed by atoms with Gasteiger partial charge in [-0.05, 0) is 25.5 Å². The number of H-pyrrole nitrogens is 1. The van der Waals surface area contributed by atoms with Gasteiger partial charge in [-0.3, -0.25) is 0 Å². The molecular formula is C12H14N6. The molecule has 18 heavy (non-hydrogen) atoms. The van der Waals surface area contributed by atoms with Gasteiger partial charge in [0.2, 0.25) is 0 Å². The highest BCUT2D eigenvalue weighted by atomic mass is 15.4. The van der Waals surface area contributed by atoms with E-state index in [9.17, 15) is 0 Å². The minimum Gasteiger partial charge on any atom is -0.346 e. The second-order valence-electron chi connectivity index (χ2n) is 4.77. The largest absolute Gasteiger partial charge is 0.346 e. The molecule has 0 aliphatic carbocycles. The standard InChI is InChI=1S/C12H14N6/c1-2-8(6-13-4-1)18-11-9-3-5-14-12(9)15-7-10(11)16-17-18/h3,5,7-8,13H,1-2,4,6H2,(H,14,15)/t8-/m1/s1. The number of piperidine rings is 1. The molecule has 1 aliphatic heterocycles. The number of rotatable bonds is 1. The van der Waals surface area contributed by atoms with E-state index in [1.165, 1.54) is 6.42 Å². The molecule has 1 atom stereocenters. The van der Waals surface area contributed by atoms with Crippen molar-refractivity contribution < 1.29 is 0 Å². The summed E-state index contributed by atoms with van der Waals surface area (Å²) in [6.07, 6.45) is 6.04. The first-order valence-electron chi connectivity index (χ1n) is 6.31. The number of fused-ring (bicyclic) bond motifs is 3. The summed E-state index contributed by atoms with van der Waals surface area (Å²) in [6, 6.07) is 2.44. The molecule has 0 amide bonds. The Bertz CT molecular complexity index is 691. The van der Waals surface area contributed by atoms with Crippen LogP contribution >= 0.6 is 0 Å². The van der Waals surface area contributed by atoms with Crippen molar-refractivity contribution in [2.75, 3.05) is 13.1 Å². The fourth-order valence-electron chi connectivity index (χ4n) is 2.74. The van der Waals surface area contributed by atoms with Gasteiger partial charge in [0, 0.05) is 18.1 Å². The molecule has 1 aliphatic rings. The Labute approximate surface area is 103 Å². The predicted octanol–water partition coefficient (Wildman–Crippen LogP) is 1.23. The molecule has 0 bridgehead atoms. The van der Waals surface area contributed by atoms with Crippen LogP contribution in [0.1, 0.15) is 18.9 Å². The Morgan fingerprint density at radius 1 is 1.39 bits per heavy atom. The Balaban J connectivity index is 1.96. The van der Waals surface area contributed by atoms with E-state index in [2.05, 4.69) is 30.3 Å². The van der Waals surface area contributed by atoms with E-state index in [4.69, 9.17) is 0 Å². The van der Waals surface area contributed by atoms with Crippen molar-refractivity contribution in [1.29, 1.82) is 0 Å². The lowest BCUT2D eigenvalue weighted by atomic mass is 10.1. The van der Waals surface area contributed by atoms with Crippen LogP contribution in [0.4, 0.5) is 0 Å². The molecule has 6 nitrogen and oxygen atoms in total. The first-order chi connectivity index (χ1) is 8.93. The van der Waals surface area contributed by atoms with Gasteiger partial charge in [-0.15, -0.1) is 5.10 Å². The van der Waals surface area contributed by atoms with Gasteiger partial charge in [-0.1, -0.05) is 5.21 Å². The summed E-state index contributed by atoms with van der Waals surface area (Å²) in [4.78, 5) is 7.48. The van der Waals surface area contributed by atoms with Gasteiger partial charge in [0.15, 0.2) is 0 Å². The van der Waals surface area contributed by atoms with Crippen LogP contribution in [0.15, 0.2) is 18.5 Å². The van der Waals surface area contributed by atoms with Gasteiger partial charge in [0.05, 0.1) is 12.2 Å². The summed E-state index contributed by atoms with van der Waals surface area (Å²) >= 11 is 0. The first kappa shape index (κ1) is 10.0. The van der Waals surface area contributed by atoms with E-state index in [-0.39, 0.29) is 0 Å². The second-order valence-corrected chi connectivity index (χ2v) is 4.77. The summed E-state index contributed by atoms with van der Waals surface area (Å²) in [5.41, 5.74) is 2.86. The molecule has 3 aromatic rings. The number of pyridine rings is 1.